The second-order valence-corrected chi connectivity index (χ2v) is 9.68. The van der Waals surface area contributed by atoms with Gasteiger partial charge in [0, 0.05) is 5.54 Å². The summed E-state index contributed by atoms with van der Waals surface area (Å²) < 4.78 is 5.14. The Morgan fingerprint density at radius 1 is 1.10 bits per heavy atom. The Kier molecular flexibility index (Phi) is 12.6. The zero-order valence-electron chi connectivity index (χ0n) is 20.7. The highest BCUT2D eigenvalue weighted by molar-refractivity contribution is 7.78. The van der Waals surface area contributed by atoms with E-state index in [9.17, 15) is 0 Å². The summed E-state index contributed by atoms with van der Waals surface area (Å²) in [6, 6.07) is 8.46. The van der Waals surface area contributed by atoms with Crippen LogP contribution < -0.4 is 10.1 Å². The molecule has 3 rings (SSSR count). The Labute approximate surface area is 192 Å². The summed E-state index contributed by atoms with van der Waals surface area (Å²) in [5.74, 6) is 4.51. The second kappa shape index (κ2) is 14.1. The number of rotatable bonds is 7. The van der Waals surface area contributed by atoms with Crippen molar-refractivity contribution in [2.24, 2.45) is 17.8 Å². The fourth-order valence-corrected chi connectivity index (χ4v) is 5.96. The topological polar surface area (TPSA) is 21.3 Å². The smallest absolute Gasteiger partial charge is 0.118 e. The summed E-state index contributed by atoms with van der Waals surface area (Å²) in [6.45, 7) is 13.2. The van der Waals surface area contributed by atoms with Crippen molar-refractivity contribution in [3.05, 3.63) is 29.8 Å². The summed E-state index contributed by atoms with van der Waals surface area (Å²) >= 11 is 4.92. The molecular weight excluding hydrogens is 386 g/mol. The standard InChI is InChI=1S/C13H20O.C12H21NS.C2H6/c1-4-6-11(5-2)12-7-9-13(14-3)10-8-12;1-9-3-10-5-11(4-9)7-12(2,6-10)13-8-14;1-2/h7-11H,4-6H2,1-3H3;8-11H,3-7H2,1-2H3,(H,13,14);1-2H3. The number of ether oxygens (including phenoxy) is 1. The zero-order valence-corrected chi connectivity index (χ0v) is 21.5. The quantitative estimate of drug-likeness (QED) is 0.438. The number of hydrogen-bond acceptors (Lipinski definition) is 2. The molecule has 3 atom stereocenters. The first-order valence-electron chi connectivity index (χ1n) is 12.3. The maximum absolute atomic E-state index is 5.14. The third kappa shape index (κ3) is 8.57. The van der Waals surface area contributed by atoms with Crippen LogP contribution >= 0.6 is 12.2 Å². The molecule has 0 amide bonds. The van der Waals surface area contributed by atoms with Crippen LogP contribution in [0.25, 0.3) is 0 Å². The Hall–Kier alpha value is -1.09. The van der Waals surface area contributed by atoms with Crippen LogP contribution in [0.4, 0.5) is 0 Å². The van der Waals surface area contributed by atoms with E-state index >= 15 is 0 Å². The maximum Gasteiger partial charge on any atom is 0.118 e. The molecule has 0 saturated heterocycles. The van der Waals surface area contributed by atoms with Gasteiger partial charge in [0.2, 0.25) is 0 Å². The normalized spacial score (nSPS) is 28.0. The molecule has 0 spiro atoms. The van der Waals surface area contributed by atoms with Crippen LogP contribution in [0.15, 0.2) is 24.3 Å². The van der Waals surface area contributed by atoms with Crippen molar-refractivity contribution >= 4 is 17.7 Å². The molecule has 2 aliphatic rings. The maximum atomic E-state index is 5.14. The van der Waals surface area contributed by atoms with E-state index < -0.39 is 0 Å². The van der Waals surface area contributed by atoms with Crippen molar-refractivity contribution in [1.29, 1.82) is 0 Å². The molecule has 3 unspecified atom stereocenters. The largest absolute Gasteiger partial charge is 0.497 e. The van der Waals surface area contributed by atoms with Gasteiger partial charge in [0.25, 0.3) is 0 Å². The number of fused-ring (bicyclic) bond motifs is 2. The molecule has 1 aromatic carbocycles. The van der Waals surface area contributed by atoms with Gasteiger partial charge in [-0.3, -0.25) is 0 Å². The highest BCUT2D eigenvalue weighted by Crippen LogP contribution is 2.46. The van der Waals surface area contributed by atoms with Crippen molar-refractivity contribution in [3.63, 3.8) is 0 Å². The first-order valence-corrected chi connectivity index (χ1v) is 12.7. The third-order valence-electron chi connectivity index (χ3n) is 6.74. The molecule has 0 aromatic heterocycles. The van der Waals surface area contributed by atoms with Gasteiger partial charge in [-0.15, -0.1) is 0 Å². The minimum atomic E-state index is 0.301. The highest BCUT2D eigenvalue weighted by atomic mass is 32.1. The van der Waals surface area contributed by atoms with Crippen LogP contribution in [0.3, 0.4) is 0 Å². The first-order chi connectivity index (χ1) is 14.4. The van der Waals surface area contributed by atoms with Gasteiger partial charge >= 0.3 is 0 Å². The molecule has 1 aromatic rings. The monoisotopic (exact) mass is 433 g/mol. The Balaban J connectivity index is 0.000000277. The van der Waals surface area contributed by atoms with Gasteiger partial charge in [0.1, 0.15) is 5.75 Å². The fourth-order valence-electron chi connectivity index (χ4n) is 5.68. The molecule has 172 valence electrons. The molecule has 2 bridgehead atoms. The molecule has 1 N–H and O–H groups in total. The first kappa shape index (κ1) is 26.9. The fraction of sp³-hybridized carbons (Fsp3) is 0.741. The number of thiocarbonyl (C=S) groups is 1. The van der Waals surface area contributed by atoms with Gasteiger partial charge in [0.15, 0.2) is 0 Å². The van der Waals surface area contributed by atoms with Gasteiger partial charge in [-0.2, -0.15) is 0 Å². The van der Waals surface area contributed by atoms with Crippen LogP contribution in [-0.2, 0) is 0 Å². The zero-order chi connectivity index (χ0) is 22.6. The minimum Gasteiger partial charge on any atom is -0.497 e. The third-order valence-corrected chi connectivity index (χ3v) is 6.86. The average Bonchev–Trinajstić information content (AvgIpc) is 2.73. The molecule has 2 nitrogen and oxygen atoms in total. The summed E-state index contributed by atoms with van der Waals surface area (Å²) in [7, 11) is 1.71. The van der Waals surface area contributed by atoms with Crippen molar-refractivity contribution < 1.29 is 4.74 Å². The molecule has 0 radical (unpaired) electrons. The van der Waals surface area contributed by atoms with Gasteiger partial charge in [0.05, 0.1) is 12.6 Å². The van der Waals surface area contributed by atoms with Crippen molar-refractivity contribution in [1.82, 2.24) is 5.32 Å². The van der Waals surface area contributed by atoms with E-state index in [-0.39, 0.29) is 0 Å². The summed E-state index contributed by atoms with van der Waals surface area (Å²) in [6.07, 6.45) is 10.7. The lowest BCUT2D eigenvalue weighted by Crippen LogP contribution is -2.49. The van der Waals surface area contributed by atoms with Gasteiger partial charge < -0.3 is 10.1 Å². The van der Waals surface area contributed by atoms with E-state index in [0.717, 1.165) is 23.5 Å². The van der Waals surface area contributed by atoms with Gasteiger partial charge in [-0.25, -0.2) is 0 Å². The van der Waals surface area contributed by atoms with Gasteiger partial charge in [-0.1, -0.05) is 65.4 Å². The minimum absolute atomic E-state index is 0.301. The van der Waals surface area contributed by atoms with Crippen LogP contribution in [0.2, 0.25) is 0 Å². The van der Waals surface area contributed by atoms with E-state index in [1.165, 1.54) is 56.9 Å². The van der Waals surface area contributed by atoms with Crippen molar-refractivity contribution in [2.45, 2.75) is 104 Å². The lowest BCUT2D eigenvalue weighted by molar-refractivity contribution is 0.0848. The van der Waals surface area contributed by atoms with E-state index in [0.29, 0.717) is 11.5 Å². The predicted octanol–water partition coefficient (Wildman–Crippen LogP) is 8.15. The van der Waals surface area contributed by atoms with E-state index in [1.807, 2.05) is 26.0 Å². The summed E-state index contributed by atoms with van der Waals surface area (Å²) in [5.41, 5.74) is 3.45. The number of methoxy groups -OCH3 is 1. The predicted molar refractivity (Wildman–Crippen MR) is 137 cm³/mol. The molecule has 0 aliphatic heterocycles. The molecular formula is C27H47NOS. The SMILES string of the molecule is CC.CC1CC2CC(C1)CC(C)(NC=S)C2.CCCC(CC)c1ccc(OC)cc1. The molecule has 2 saturated carbocycles. The number of hydrogen-bond donors (Lipinski definition) is 1. The molecule has 2 fully saturated rings. The van der Waals surface area contributed by atoms with Crippen LogP contribution in [0.5, 0.6) is 5.75 Å². The average molecular weight is 434 g/mol. The number of benzene rings is 1. The Bertz CT molecular complexity index is 567. The molecule has 3 heteroatoms. The van der Waals surface area contributed by atoms with Crippen LogP contribution in [-0.4, -0.2) is 18.1 Å². The summed E-state index contributed by atoms with van der Waals surface area (Å²) in [4.78, 5) is 0. The lowest BCUT2D eigenvalue weighted by atomic mass is 9.63. The Morgan fingerprint density at radius 2 is 1.67 bits per heavy atom. The highest BCUT2D eigenvalue weighted by Gasteiger charge is 2.40. The lowest BCUT2D eigenvalue weighted by Gasteiger charge is -2.47. The summed E-state index contributed by atoms with van der Waals surface area (Å²) in [5, 5.41) is 3.39. The molecule has 0 heterocycles. The van der Waals surface area contributed by atoms with Crippen LogP contribution in [0.1, 0.15) is 104 Å². The van der Waals surface area contributed by atoms with E-state index in [2.05, 4.69) is 45.1 Å². The van der Waals surface area contributed by atoms with Crippen molar-refractivity contribution in [2.75, 3.05) is 7.11 Å². The second-order valence-electron chi connectivity index (χ2n) is 9.44. The van der Waals surface area contributed by atoms with E-state index in [1.54, 1.807) is 12.6 Å². The number of nitrogens with one attached hydrogen (secondary N) is 1. The molecule has 2 aliphatic carbocycles. The van der Waals surface area contributed by atoms with E-state index in [4.69, 9.17) is 17.0 Å². The van der Waals surface area contributed by atoms with Crippen LogP contribution in [0, 0.1) is 17.8 Å². The Morgan fingerprint density at radius 3 is 2.10 bits per heavy atom. The van der Waals surface area contributed by atoms with Crippen molar-refractivity contribution in [3.8, 4) is 5.75 Å². The molecule has 30 heavy (non-hydrogen) atoms. The van der Waals surface area contributed by atoms with Gasteiger partial charge in [-0.05, 0) is 93.2 Å².